The van der Waals surface area contributed by atoms with E-state index in [0.29, 0.717) is 24.5 Å². The molecule has 0 radical (unpaired) electrons. The lowest BCUT2D eigenvalue weighted by molar-refractivity contribution is -0.136. The smallest absolute Gasteiger partial charge is 0.243 e. The SMILES string of the molecule is O=C(NC(Cc1ccccc1)c1ccccc1)[C@@H]1CCCN1C(=O)CSc1nc2ccccc2[nH]1. The number of nitrogens with one attached hydrogen (secondary N) is 2. The van der Waals surface area contributed by atoms with Gasteiger partial charge >= 0.3 is 0 Å². The first kappa shape index (κ1) is 23.2. The van der Waals surface area contributed by atoms with Crippen molar-refractivity contribution in [3.05, 3.63) is 96.1 Å². The Balaban J connectivity index is 1.25. The number of nitrogens with zero attached hydrogens (tertiary/aromatic N) is 2. The van der Waals surface area contributed by atoms with E-state index in [2.05, 4.69) is 27.4 Å². The summed E-state index contributed by atoms with van der Waals surface area (Å²) in [6, 6.07) is 27.4. The Morgan fingerprint density at radius 1 is 1.00 bits per heavy atom. The van der Waals surface area contributed by atoms with Crippen LogP contribution in [0.5, 0.6) is 0 Å². The fraction of sp³-hybridized carbons (Fsp3) is 0.250. The van der Waals surface area contributed by atoms with Crippen molar-refractivity contribution < 1.29 is 9.59 Å². The van der Waals surface area contributed by atoms with Crippen LogP contribution in [-0.4, -0.2) is 45.0 Å². The normalized spacial score (nSPS) is 16.3. The molecule has 0 bridgehead atoms. The van der Waals surface area contributed by atoms with Crippen molar-refractivity contribution in [2.75, 3.05) is 12.3 Å². The number of rotatable bonds is 8. The fourth-order valence-corrected chi connectivity index (χ4v) is 5.37. The number of carbonyl (C=O) groups excluding carboxylic acids is 2. The minimum atomic E-state index is -0.444. The second kappa shape index (κ2) is 10.8. The number of imidazole rings is 1. The fourth-order valence-electron chi connectivity index (χ4n) is 4.60. The van der Waals surface area contributed by atoms with E-state index in [9.17, 15) is 9.59 Å². The zero-order chi connectivity index (χ0) is 24.0. The summed E-state index contributed by atoms with van der Waals surface area (Å²) >= 11 is 1.38. The van der Waals surface area contributed by atoms with Gasteiger partial charge < -0.3 is 15.2 Å². The Labute approximate surface area is 209 Å². The Morgan fingerprint density at radius 3 is 2.49 bits per heavy atom. The third-order valence-electron chi connectivity index (χ3n) is 6.38. The molecule has 2 atom stereocenters. The van der Waals surface area contributed by atoms with Crippen LogP contribution in [0.1, 0.15) is 30.0 Å². The number of benzene rings is 3. The molecule has 1 saturated heterocycles. The van der Waals surface area contributed by atoms with Crippen molar-refractivity contribution in [2.24, 2.45) is 0 Å². The van der Waals surface area contributed by atoms with E-state index in [-0.39, 0.29) is 23.6 Å². The van der Waals surface area contributed by atoms with Gasteiger partial charge in [0.2, 0.25) is 11.8 Å². The van der Waals surface area contributed by atoms with Crippen molar-refractivity contribution in [1.29, 1.82) is 0 Å². The number of thioether (sulfide) groups is 1. The van der Waals surface area contributed by atoms with Crippen LogP contribution in [0.15, 0.2) is 90.1 Å². The molecule has 0 aliphatic carbocycles. The lowest BCUT2D eigenvalue weighted by Gasteiger charge is -2.27. The molecule has 1 aliphatic heterocycles. The zero-order valence-electron chi connectivity index (χ0n) is 19.4. The van der Waals surface area contributed by atoms with Crippen LogP contribution in [0.25, 0.3) is 11.0 Å². The number of amides is 2. The highest BCUT2D eigenvalue weighted by molar-refractivity contribution is 7.99. The largest absolute Gasteiger partial charge is 0.347 e. The van der Waals surface area contributed by atoms with Gasteiger partial charge in [-0.2, -0.15) is 0 Å². The summed E-state index contributed by atoms with van der Waals surface area (Å²) < 4.78 is 0. The lowest BCUT2D eigenvalue weighted by Crippen LogP contribution is -2.47. The second-order valence-corrected chi connectivity index (χ2v) is 9.72. The lowest BCUT2D eigenvalue weighted by atomic mass is 9.98. The van der Waals surface area contributed by atoms with E-state index < -0.39 is 6.04 Å². The van der Waals surface area contributed by atoms with Gasteiger partial charge in [0.25, 0.3) is 0 Å². The van der Waals surface area contributed by atoms with Crippen LogP contribution >= 0.6 is 11.8 Å². The van der Waals surface area contributed by atoms with Gasteiger partial charge in [0, 0.05) is 6.54 Å². The molecular formula is C28H28N4O2S. The number of fused-ring (bicyclic) bond motifs is 1. The van der Waals surface area contributed by atoms with E-state index in [1.54, 1.807) is 4.90 Å². The number of carbonyl (C=O) groups is 2. The maximum atomic E-state index is 13.4. The highest BCUT2D eigenvalue weighted by Crippen LogP contribution is 2.25. The summed E-state index contributed by atoms with van der Waals surface area (Å²) in [4.78, 5) is 36.0. The number of H-pyrrole nitrogens is 1. The number of para-hydroxylation sites is 2. The molecule has 2 heterocycles. The molecule has 35 heavy (non-hydrogen) atoms. The van der Waals surface area contributed by atoms with Crippen LogP contribution in [-0.2, 0) is 16.0 Å². The molecule has 6 nitrogen and oxygen atoms in total. The first-order valence-electron chi connectivity index (χ1n) is 11.9. The topological polar surface area (TPSA) is 78.1 Å². The molecule has 0 spiro atoms. The van der Waals surface area contributed by atoms with E-state index in [1.807, 2.05) is 72.8 Å². The van der Waals surface area contributed by atoms with E-state index in [1.165, 1.54) is 11.8 Å². The first-order valence-corrected chi connectivity index (χ1v) is 12.9. The van der Waals surface area contributed by atoms with E-state index in [4.69, 9.17) is 0 Å². The molecule has 1 unspecified atom stereocenters. The molecule has 7 heteroatoms. The quantitative estimate of drug-likeness (QED) is 0.354. The van der Waals surface area contributed by atoms with Crippen LogP contribution in [0.4, 0.5) is 0 Å². The summed E-state index contributed by atoms with van der Waals surface area (Å²) in [5, 5.41) is 3.96. The minimum absolute atomic E-state index is 0.0348. The van der Waals surface area contributed by atoms with Gasteiger partial charge in [-0.3, -0.25) is 9.59 Å². The van der Waals surface area contributed by atoms with Crippen molar-refractivity contribution in [1.82, 2.24) is 20.2 Å². The average molecular weight is 485 g/mol. The van der Waals surface area contributed by atoms with Gasteiger partial charge in [0.1, 0.15) is 6.04 Å². The van der Waals surface area contributed by atoms with Gasteiger partial charge in [0.05, 0.1) is 22.8 Å². The molecule has 3 aromatic carbocycles. The number of aromatic amines is 1. The van der Waals surface area contributed by atoms with Crippen molar-refractivity contribution in [2.45, 2.75) is 36.5 Å². The highest BCUT2D eigenvalue weighted by atomic mass is 32.2. The summed E-state index contributed by atoms with van der Waals surface area (Å²) in [5.74, 6) is 0.122. The Morgan fingerprint density at radius 2 is 1.71 bits per heavy atom. The molecular weight excluding hydrogens is 456 g/mol. The predicted molar refractivity (Wildman–Crippen MR) is 139 cm³/mol. The number of aromatic nitrogens is 2. The third-order valence-corrected chi connectivity index (χ3v) is 7.23. The molecule has 0 saturated carbocycles. The van der Waals surface area contributed by atoms with E-state index >= 15 is 0 Å². The monoisotopic (exact) mass is 484 g/mol. The number of likely N-dealkylation sites (tertiary alicyclic amines) is 1. The summed E-state index contributed by atoms with van der Waals surface area (Å²) in [6.45, 7) is 0.603. The maximum absolute atomic E-state index is 13.4. The number of hydrogen-bond donors (Lipinski definition) is 2. The van der Waals surface area contributed by atoms with Gasteiger partial charge in [0.15, 0.2) is 5.16 Å². The highest BCUT2D eigenvalue weighted by Gasteiger charge is 2.35. The van der Waals surface area contributed by atoms with Crippen molar-refractivity contribution >= 4 is 34.6 Å². The maximum Gasteiger partial charge on any atom is 0.243 e. The molecule has 5 rings (SSSR count). The third kappa shape index (κ3) is 5.57. The Hall–Kier alpha value is -3.58. The van der Waals surface area contributed by atoms with Crippen LogP contribution in [0.3, 0.4) is 0 Å². The van der Waals surface area contributed by atoms with Gasteiger partial charge in [-0.15, -0.1) is 0 Å². The van der Waals surface area contributed by atoms with Gasteiger partial charge in [-0.25, -0.2) is 4.98 Å². The first-order chi connectivity index (χ1) is 17.2. The van der Waals surface area contributed by atoms with Crippen LogP contribution in [0, 0.1) is 0 Å². The van der Waals surface area contributed by atoms with Gasteiger partial charge in [-0.1, -0.05) is 84.6 Å². The summed E-state index contributed by atoms with van der Waals surface area (Å²) in [6.07, 6.45) is 2.20. The molecule has 4 aromatic rings. The standard InChI is InChI=1S/C28H28N4O2S/c33-26(19-35-28-30-22-14-7-8-15-23(22)31-28)32-17-9-16-25(32)27(34)29-24(21-12-5-2-6-13-21)18-20-10-3-1-4-11-20/h1-8,10-15,24-25H,9,16-19H2,(H,29,34)(H,30,31)/t24?,25-/m0/s1. The Bertz CT molecular complexity index is 1260. The zero-order valence-corrected chi connectivity index (χ0v) is 20.2. The van der Waals surface area contributed by atoms with Crippen molar-refractivity contribution in [3.8, 4) is 0 Å². The average Bonchev–Trinajstić information content (AvgIpc) is 3.55. The predicted octanol–water partition coefficient (Wildman–Crippen LogP) is 4.75. The minimum Gasteiger partial charge on any atom is -0.347 e. The molecule has 1 fully saturated rings. The molecule has 2 amide bonds. The van der Waals surface area contributed by atoms with E-state index in [0.717, 1.165) is 28.6 Å². The number of hydrogen-bond acceptors (Lipinski definition) is 4. The molecule has 1 aromatic heterocycles. The molecule has 1 aliphatic rings. The second-order valence-electron chi connectivity index (χ2n) is 8.75. The van der Waals surface area contributed by atoms with Gasteiger partial charge in [-0.05, 0) is 42.5 Å². The molecule has 178 valence electrons. The van der Waals surface area contributed by atoms with Crippen LogP contribution in [0.2, 0.25) is 0 Å². The summed E-state index contributed by atoms with van der Waals surface area (Å²) in [5.41, 5.74) is 4.04. The Kier molecular flexibility index (Phi) is 7.14. The molecule has 2 N–H and O–H groups in total. The van der Waals surface area contributed by atoms with Crippen molar-refractivity contribution in [3.63, 3.8) is 0 Å². The summed E-state index contributed by atoms with van der Waals surface area (Å²) in [7, 11) is 0. The van der Waals surface area contributed by atoms with Crippen LogP contribution < -0.4 is 5.32 Å².